The average Bonchev–Trinajstić information content (AvgIpc) is 3.27. The number of nitrogens with zero attached hydrogens (tertiary/aromatic N) is 3. The SMILES string of the molecule is CO[C@]12CC[C@H](OCCO)C[C@H]1N(C(=O)c1cn3ccccc3n1)CC2. The molecule has 3 heterocycles. The topological polar surface area (TPSA) is 76.3 Å². The summed E-state index contributed by atoms with van der Waals surface area (Å²) < 4.78 is 13.5. The molecule has 0 aromatic carbocycles. The minimum Gasteiger partial charge on any atom is -0.394 e. The van der Waals surface area contributed by atoms with Gasteiger partial charge in [0.1, 0.15) is 11.3 Å². The third kappa shape index (κ3) is 2.90. The lowest BCUT2D eigenvalue weighted by atomic mass is 9.79. The zero-order valence-electron chi connectivity index (χ0n) is 15.0. The van der Waals surface area contributed by atoms with Crippen LogP contribution in [0.15, 0.2) is 30.6 Å². The van der Waals surface area contributed by atoms with Crippen molar-refractivity contribution in [1.82, 2.24) is 14.3 Å². The number of pyridine rings is 1. The number of methoxy groups -OCH3 is 1. The van der Waals surface area contributed by atoms with E-state index in [2.05, 4.69) is 4.98 Å². The van der Waals surface area contributed by atoms with E-state index in [-0.39, 0.29) is 30.3 Å². The number of imidazole rings is 1. The summed E-state index contributed by atoms with van der Waals surface area (Å²) in [7, 11) is 1.74. The first-order valence-corrected chi connectivity index (χ1v) is 9.19. The third-order valence-electron chi connectivity index (χ3n) is 5.83. The zero-order chi connectivity index (χ0) is 18.1. The molecule has 1 saturated carbocycles. The summed E-state index contributed by atoms with van der Waals surface area (Å²) in [5.74, 6) is -0.0552. The van der Waals surface area contributed by atoms with Crippen molar-refractivity contribution < 1.29 is 19.4 Å². The van der Waals surface area contributed by atoms with Crippen LogP contribution in [0, 0.1) is 0 Å². The maximum Gasteiger partial charge on any atom is 0.274 e. The summed E-state index contributed by atoms with van der Waals surface area (Å²) in [6.45, 7) is 1.01. The summed E-state index contributed by atoms with van der Waals surface area (Å²) in [6, 6.07) is 5.69. The molecule has 0 unspecified atom stereocenters. The maximum absolute atomic E-state index is 13.2. The van der Waals surface area contributed by atoms with Crippen LogP contribution in [0.2, 0.25) is 0 Å². The predicted octanol–water partition coefficient (Wildman–Crippen LogP) is 1.50. The Labute approximate surface area is 152 Å². The van der Waals surface area contributed by atoms with Gasteiger partial charge in [0.05, 0.1) is 31.0 Å². The normalized spacial score (nSPS) is 28.5. The van der Waals surface area contributed by atoms with E-state index in [0.717, 1.165) is 31.3 Å². The highest BCUT2D eigenvalue weighted by atomic mass is 16.5. The van der Waals surface area contributed by atoms with Crippen LogP contribution in [0.3, 0.4) is 0 Å². The molecule has 1 saturated heterocycles. The van der Waals surface area contributed by atoms with E-state index in [4.69, 9.17) is 14.6 Å². The van der Waals surface area contributed by atoms with Crippen molar-refractivity contribution in [2.24, 2.45) is 0 Å². The number of hydrogen-bond donors (Lipinski definition) is 1. The van der Waals surface area contributed by atoms with E-state index in [1.54, 1.807) is 13.3 Å². The highest BCUT2D eigenvalue weighted by Gasteiger charge is 2.53. The molecule has 0 bridgehead atoms. The van der Waals surface area contributed by atoms with Gasteiger partial charge in [-0.3, -0.25) is 4.79 Å². The fourth-order valence-electron chi connectivity index (χ4n) is 4.46. The Hall–Kier alpha value is -1.96. The number of amides is 1. The van der Waals surface area contributed by atoms with Crippen LogP contribution >= 0.6 is 0 Å². The molecule has 2 aromatic rings. The van der Waals surface area contributed by atoms with Crippen molar-refractivity contribution in [2.75, 3.05) is 26.9 Å². The molecule has 0 radical (unpaired) electrons. The number of rotatable bonds is 5. The molecular weight excluding hydrogens is 334 g/mol. The lowest BCUT2D eigenvalue weighted by Crippen LogP contribution is -2.53. The second kappa shape index (κ2) is 6.98. The van der Waals surface area contributed by atoms with Crippen LogP contribution in [-0.2, 0) is 9.47 Å². The first kappa shape index (κ1) is 17.5. The summed E-state index contributed by atoms with van der Waals surface area (Å²) in [5.41, 5.74) is 0.927. The molecule has 2 aromatic heterocycles. The molecule has 1 amide bonds. The van der Waals surface area contributed by atoms with Gasteiger partial charge in [-0.15, -0.1) is 0 Å². The van der Waals surface area contributed by atoms with Crippen LogP contribution in [0.5, 0.6) is 0 Å². The van der Waals surface area contributed by atoms with Crippen LogP contribution in [0.4, 0.5) is 0 Å². The second-order valence-corrected chi connectivity index (χ2v) is 7.12. The first-order valence-electron chi connectivity index (χ1n) is 9.19. The predicted molar refractivity (Wildman–Crippen MR) is 95.1 cm³/mol. The van der Waals surface area contributed by atoms with Gasteiger partial charge >= 0.3 is 0 Å². The highest BCUT2D eigenvalue weighted by molar-refractivity contribution is 5.93. The van der Waals surface area contributed by atoms with E-state index in [1.165, 1.54) is 0 Å². The molecule has 7 nitrogen and oxygen atoms in total. The largest absolute Gasteiger partial charge is 0.394 e. The molecular formula is C19H25N3O4. The van der Waals surface area contributed by atoms with Gasteiger partial charge in [0, 0.05) is 26.0 Å². The van der Waals surface area contributed by atoms with Gasteiger partial charge in [-0.1, -0.05) is 6.07 Å². The Bertz CT molecular complexity index is 759. The summed E-state index contributed by atoms with van der Waals surface area (Å²) in [6.07, 6.45) is 7.03. The van der Waals surface area contributed by atoms with Gasteiger partial charge < -0.3 is 23.9 Å². The second-order valence-electron chi connectivity index (χ2n) is 7.12. The maximum atomic E-state index is 13.2. The number of ether oxygens (including phenoxy) is 2. The Morgan fingerprint density at radius 1 is 1.42 bits per heavy atom. The van der Waals surface area contributed by atoms with E-state index in [9.17, 15) is 4.79 Å². The van der Waals surface area contributed by atoms with Gasteiger partial charge in [0.2, 0.25) is 0 Å². The smallest absolute Gasteiger partial charge is 0.274 e. The molecule has 0 spiro atoms. The number of likely N-dealkylation sites (tertiary alicyclic amines) is 1. The number of carbonyl (C=O) groups excluding carboxylic acids is 1. The monoisotopic (exact) mass is 359 g/mol. The average molecular weight is 359 g/mol. The summed E-state index contributed by atoms with van der Waals surface area (Å²) in [4.78, 5) is 19.5. The van der Waals surface area contributed by atoms with Crippen molar-refractivity contribution in [2.45, 2.75) is 43.4 Å². The van der Waals surface area contributed by atoms with Gasteiger partial charge in [0.15, 0.2) is 0 Å². The van der Waals surface area contributed by atoms with E-state index < -0.39 is 0 Å². The zero-order valence-corrected chi connectivity index (χ0v) is 15.0. The lowest BCUT2D eigenvalue weighted by molar-refractivity contribution is -0.0992. The van der Waals surface area contributed by atoms with Gasteiger partial charge in [-0.2, -0.15) is 0 Å². The van der Waals surface area contributed by atoms with E-state index >= 15 is 0 Å². The molecule has 140 valence electrons. The molecule has 3 atom stereocenters. The number of carbonyl (C=O) groups is 1. The van der Waals surface area contributed by atoms with E-state index in [0.29, 0.717) is 18.8 Å². The van der Waals surface area contributed by atoms with Crippen molar-refractivity contribution in [1.29, 1.82) is 0 Å². The lowest BCUT2D eigenvalue weighted by Gasteiger charge is -2.43. The quantitative estimate of drug-likeness (QED) is 0.875. The van der Waals surface area contributed by atoms with Crippen molar-refractivity contribution >= 4 is 11.6 Å². The molecule has 7 heteroatoms. The Morgan fingerprint density at radius 3 is 3.08 bits per heavy atom. The fourth-order valence-corrected chi connectivity index (χ4v) is 4.46. The number of fused-ring (bicyclic) bond motifs is 2. The standard InChI is InChI=1S/C19H25N3O4/c1-25-19-6-5-14(26-11-10-23)12-16(19)22(9-7-19)18(24)15-13-21-8-3-2-4-17(21)20-15/h2-4,8,13-14,16,23H,5-7,9-12H2,1H3/t14-,16+,19-/m0/s1. The number of aromatic nitrogens is 2. The van der Waals surface area contributed by atoms with Crippen LogP contribution in [-0.4, -0.2) is 69.9 Å². The Balaban J connectivity index is 1.57. The van der Waals surface area contributed by atoms with Crippen molar-refractivity contribution in [3.8, 4) is 0 Å². The highest BCUT2D eigenvalue weighted by Crippen LogP contribution is 2.43. The summed E-state index contributed by atoms with van der Waals surface area (Å²) >= 11 is 0. The molecule has 4 rings (SSSR count). The van der Waals surface area contributed by atoms with E-state index in [1.807, 2.05) is 33.7 Å². The van der Waals surface area contributed by atoms with Crippen LogP contribution in [0.25, 0.3) is 5.65 Å². The molecule has 1 N–H and O–H groups in total. The minimum atomic E-state index is -0.298. The molecule has 2 aliphatic rings. The fraction of sp³-hybridized carbons (Fsp3) is 0.579. The van der Waals surface area contributed by atoms with Crippen molar-refractivity contribution in [3.63, 3.8) is 0 Å². The molecule has 26 heavy (non-hydrogen) atoms. The number of aliphatic hydroxyl groups excluding tert-OH is 1. The Kier molecular flexibility index (Phi) is 4.69. The Morgan fingerprint density at radius 2 is 2.31 bits per heavy atom. The van der Waals surface area contributed by atoms with Gasteiger partial charge in [-0.05, 0) is 37.8 Å². The minimum absolute atomic E-state index is 0.0144. The molecule has 2 fully saturated rings. The van der Waals surface area contributed by atoms with Gasteiger partial charge in [0.25, 0.3) is 5.91 Å². The molecule has 1 aliphatic carbocycles. The third-order valence-corrected chi connectivity index (χ3v) is 5.83. The van der Waals surface area contributed by atoms with Gasteiger partial charge in [-0.25, -0.2) is 4.98 Å². The van der Waals surface area contributed by atoms with Crippen LogP contribution < -0.4 is 0 Å². The first-order chi connectivity index (χ1) is 12.7. The van der Waals surface area contributed by atoms with Crippen molar-refractivity contribution in [3.05, 3.63) is 36.3 Å². The molecule has 1 aliphatic heterocycles. The number of aliphatic hydroxyl groups is 1. The summed E-state index contributed by atoms with van der Waals surface area (Å²) in [5, 5.41) is 9.01. The van der Waals surface area contributed by atoms with Crippen LogP contribution in [0.1, 0.15) is 36.2 Å². The number of hydrogen-bond acceptors (Lipinski definition) is 5.